The lowest BCUT2D eigenvalue weighted by Gasteiger charge is -1.99. The second-order valence-corrected chi connectivity index (χ2v) is 4.31. The molecule has 6 heteroatoms. The van der Waals surface area contributed by atoms with Crippen molar-refractivity contribution >= 4 is 21.2 Å². The van der Waals surface area contributed by atoms with Gasteiger partial charge in [0.05, 0.1) is 11.0 Å². The summed E-state index contributed by atoms with van der Waals surface area (Å²) in [5.41, 5.74) is 2.00. The molecular formula is C8H7N2O3S-. The minimum absolute atomic E-state index is 0.477. The molecule has 1 aromatic heterocycles. The molecule has 1 heterocycles. The fourth-order valence-electron chi connectivity index (χ4n) is 1.22. The van der Waals surface area contributed by atoms with Gasteiger partial charge in [0.25, 0.3) is 0 Å². The van der Waals surface area contributed by atoms with Crippen molar-refractivity contribution in [2.75, 3.05) is 0 Å². The number of hydrogen-bond donors (Lipinski definition) is 1. The van der Waals surface area contributed by atoms with Gasteiger partial charge in [0.1, 0.15) is 0 Å². The summed E-state index contributed by atoms with van der Waals surface area (Å²) in [5.74, 6) is 0. The van der Waals surface area contributed by atoms with Crippen LogP contribution in [0.5, 0.6) is 0 Å². The molecule has 1 aromatic carbocycles. The molecule has 0 aliphatic heterocycles. The summed E-state index contributed by atoms with van der Waals surface area (Å²) in [4.78, 5) is 6.13. The number of rotatable bonds is 1. The standard InChI is InChI=1S/C8H8N2O3S/c1-5-2-3-6-7(4-5)10-8(9-6)14(11,12)13/h2-4H,1H3,(H,9,10)(H,11,12,13)/p-1. The van der Waals surface area contributed by atoms with Crippen molar-refractivity contribution in [3.8, 4) is 0 Å². The van der Waals surface area contributed by atoms with E-state index >= 15 is 0 Å². The third kappa shape index (κ3) is 1.49. The molecular weight excluding hydrogens is 204 g/mol. The molecule has 2 aromatic rings. The average molecular weight is 211 g/mol. The summed E-state index contributed by atoms with van der Waals surface area (Å²) in [6.45, 7) is 1.87. The van der Waals surface area contributed by atoms with Crippen LogP contribution in [0.15, 0.2) is 23.4 Å². The van der Waals surface area contributed by atoms with Crippen LogP contribution < -0.4 is 0 Å². The molecule has 0 aliphatic carbocycles. The van der Waals surface area contributed by atoms with Crippen molar-refractivity contribution in [3.05, 3.63) is 23.8 Å². The van der Waals surface area contributed by atoms with E-state index in [1.165, 1.54) is 0 Å². The Morgan fingerprint density at radius 2 is 2.14 bits per heavy atom. The zero-order chi connectivity index (χ0) is 10.3. The van der Waals surface area contributed by atoms with Crippen LogP contribution in [-0.2, 0) is 10.1 Å². The first-order valence-corrected chi connectivity index (χ1v) is 5.30. The lowest BCUT2D eigenvalue weighted by atomic mass is 10.2. The van der Waals surface area contributed by atoms with E-state index in [2.05, 4.69) is 9.97 Å². The largest absolute Gasteiger partial charge is 0.742 e. The highest BCUT2D eigenvalue weighted by molar-refractivity contribution is 7.85. The van der Waals surface area contributed by atoms with Crippen LogP contribution in [-0.4, -0.2) is 22.9 Å². The Morgan fingerprint density at radius 1 is 1.43 bits per heavy atom. The normalized spacial score (nSPS) is 12.1. The van der Waals surface area contributed by atoms with Gasteiger partial charge in [0.15, 0.2) is 10.1 Å². The van der Waals surface area contributed by atoms with Crippen molar-refractivity contribution in [1.82, 2.24) is 9.97 Å². The van der Waals surface area contributed by atoms with Crippen molar-refractivity contribution < 1.29 is 13.0 Å². The first-order chi connectivity index (χ1) is 6.47. The topological polar surface area (TPSA) is 85.9 Å². The number of nitrogens with one attached hydrogen (secondary N) is 1. The Morgan fingerprint density at radius 3 is 2.79 bits per heavy atom. The van der Waals surface area contributed by atoms with Crippen molar-refractivity contribution in [3.63, 3.8) is 0 Å². The van der Waals surface area contributed by atoms with Gasteiger partial charge < -0.3 is 9.54 Å². The minimum atomic E-state index is -4.49. The third-order valence-electron chi connectivity index (χ3n) is 1.85. The maximum Gasteiger partial charge on any atom is 0.213 e. The number of aryl methyl sites for hydroxylation is 1. The summed E-state index contributed by atoms with van der Waals surface area (Å²) >= 11 is 0. The summed E-state index contributed by atoms with van der Waals surface area (Å²) in [7, 11) is -4.49. The van der Waals surface area contributed by atoms with Crippen LogP contribution in [0.25, 0.3) is 11.0 Å². The van der Waals surface area contributed by atoms with Gasteiger partial charge in [0.2, 0.25) is 5.16 Å². The maximum atomic E-state index is 10.6. The predicted octanol–water partition coefficient (Wildman–Crippen LogP) is 0.775. The number of H-pyrrole nitrogens is 1. The second kappa shape index (κ2) is 2.79. The highest BCUT2D eigenvalue weighted by Crippen LogP contribution is 2.15. The van der Waals surface area contributed by atoms with Crippen molar-refractivity contribution in [2.45, 2.75) is 12.1 Å². The molecule has 0 atom stereocenters. The molecule has 0 spiro atoms. The van der Waals surface area contributed by atoms with Gasteiger partial charge in [0, 0.05) is 0 Å². The van der Waals surface area contributed by atoms with E-state index in [1.54, 1.807) is 18.2 Å². The smallest absolute Gasteiger partial charge is 0.213 e. The number of aromatic amines is 1. The van der Waals surface area contributed by atoms with Crippen molar-refractivity contribution in [2.24, 2.45) is 0 Å². The predicted molar refractivity (Wildman–Crippen MR) is 48.8 cm³/mol. The molecule has 0 fully saturated rings. The van der Waals surface area contributed by atoms with Gasteiger partial charge in [-0.3, -0.25) is 0 Å². The Kier molecular flexibility index (Phi) is 1.83. The van der Waals surface area contributed by atoms with E-state index < -0.39 is 15.3 Å². The molecule has 0 amide bonds. The van der Waals surface area contributed by atoms with E-state index in [1.807, 2.05) is 6.92 Å². The molecule has 74 valence electrons. The molecule has 0 saturated carbocycles. The van der Waals surface area contributed by atoms with E-state index in [0.717, 1.165) is 5.56 Å². The van der Waals surface area contributed by atoms with Crippen LogP contribution >= 0.6 is 0 Å². The van der Waals surface area contributed by atoms with E-state index in [-0.39, 0.29) is 0 Å². The van der Waals surface area contributed by atoms with Crippen LogP contribution in [0.2, 0.25) is 0 Å². The lowest BCUT2D eigenvalue weighted by Crippen LogP contribution is -2.00. The molecule has 0 bridgehead atoms. The third-order valence-corrected chi connectivity index (χ3v) is 2.52. The first-order valence-electron chi connectivity index (χ1n) is 3.89. The molecule has 0 saturated heterocycles. The monoisotopic (exact) mass is 211 g/mol. The highest BCUT2D eigenvalue weighted by Gasteiger charge is 2.07. The van der Waals surface area contributed by atoms with Gasteiger partial charge in [-0.1, -0.05) is 6.07 Å². The first kappa shape index (κ1) is 9.17. The Bertz CT molecular complexity index is 586. The summed E-state index contributed by atoms with van der Waals surface area (Å²) in [6.07, 6.45) is 0. The lowest BCUT2D eigenvalue weighted by molar-refractivity contribution is 0.456. The summed E-state index contributed by atoms with van der Waals surface area (Å²) in [5, 5.41) is -0.530. The molecule has 1 N–H and O–H groups in total. The number of nitrogens with zero attached hydrogens (tertiary/aromatic N) is 1. The van der Waals surface area contributed by atoms with Crippen LogP contribution in [0, 0.1) is 6.92 Å². The highest BCUT2D eigenvalue weighted by atomic mass is 32.2. The van der Waals surface area contributed by atoms with Crippen LogP contribution in [0.4, 0.5) is 0 Å². The van der Waals surface area contributed by atoms with Gasteiger partial charge >= 0.3 is 0 Å². The maximum absolute atomic E-state index is 10.6. The number of hydrogen-bond acceptors (Lipinski definition) is 4. The molecule has 2 rings (SSSR count). The Hall–Kier alpha value is -1.40. The molecule has 14 heavy (non-hydrogen) atoms. The van der Waals surface area contributed by atoms with Crippen LogP contribution in [0.1, 0.15) is 5.56 Å². The minimum Gasteiger partial charge on any atom is -0.742 e. The fraction of sp³-hybridized carbons (Fsp3) is 0.125. The van der Waals surface area contributed by atoms with Gasteiger partial charge in [-0.05, 0) is 24.6 Å². The number of fused-ring (bicyclic) bond motifs is 1. The zero-order valence-electron chi connectivity index (χ0n) is 7.31. The van der Waals surface area contributed by atoms with Gasteiger partial charge in [-0.15, -0.1) is 0 Å². The number of aromatic nitrogens is 2. The molecule has 0 aliphatic rings. The second-order valence-electron chi connectivity index (χ2n) is 3.02. The number of imidazole rings is 1. The van der Waals surface area contributed by atoms with Gasteiger partial charge in [-0.25, -0.2) is 13.4 Å². The Labute approximate surface area is 80.5 Å². The van der Waals surface area contributed by atoms with Crippen molar-refractivity contribution in [1.29, 1.82) is 0 Å². The fourth-order valence-corrected chi connectivity index (χ4v) is 1.66. The van der Waals surface area contributed by atoms with E-state index in [0.29, 0.717) is 11.0 Å². The zero-order valence-corrected chi connectivity index (χ0v) is 8.13. The molecule has 5 nitrogen and oxygen atoms in total. The SMILES string of the molecule is Cc1ccc2nc(S(=O)(=O)[O-])[nH]c2c1. The Balaban J connectivity index is 2.75. The van der Waals surface area contributed by atoms with E-state index in [4.69, 9.17) is 0 Å². The van der Waals surface area contributed by atoms with E-state index in [9.17, 15) is 13.0 Å². The molecule has 0 radical (unpaired) electrons. The average Bonchev–Trinajstić information content (AvgIpc) is 2.45. The van der Waals surface area contributed by atoms with Gasteiger partial charge in [-0.2, -0.15) is 0 Å². The summed E-state index contributed by atoms with van der Waals surface area (Å²) in [6, 6.07) is 5.19. The summed E-state index contributed by atoms with van der Waals surface area (Å²) < 4.78 is 31.9. The molecule has 0 unspecified atom stereocenters. The quantitative estimate of drug-likeness (QED) is 0.706. The number of benzene rings is 1. The van der Waals surface area contributed by atoms with Crippen LogP contribution in [0.3, 0.4) is 0 Å².